The summed E-state index contributed by atoms with van der Waals surface area (Å²) in [4.78, 5) is 48.5. The first-order valence-electron chi connectivity index (χ1n) is 6.11. The number of fused-ring (bicyclic) bond motifs is 1. The largest absolute Gasteiger partial charge is 0.295 e. The lowest BCUT2D eigenvalue weighted by Gasteiger charge is -2.27. The summed E-state index contributed by atoms with van der Waals surface area (Å²) in [5.41, 5.74) is 0.0563. The molecule has 2 heterocycles. The van der Waals surface area contributed by atoms with E-state index in [0.717, 1.165) is 17.0 Å². The second-order valence-corrected chi connectivity index (χ2v) is 5.92. The summed E-state index contributed by atoms with van der Waals surface area (Å²) in [7, 11) is 0. The molecule has 6 nitrogen and oxygen atoms in total. The Bertz CT molecular complexity index is 718. The van der Waals surface area contributed by atoms with Crippen LogP contribution in [0.3, 0.4) is 0 Å². The van der Waals surface area contributed by atoms with E-state index in [0.29, 0.717) is 3.57 Å². The van der Waals surface area contributed by atoms with Crippen molar-refractivity contribution in [2.24, 2.45) is 0 Å². The van der Waals surface area contributed by atoms with Gasteiger partial charge in [0.05, 0.1) is 11.1 Å². The number of carbonyl (C=O) groups excluding carboxylic acids is 4. The van der Waals surface area contributed by atoms with Crippen LogP contribution in [0.15, 0.2) is 12.1 Å². The molecule has 1 atom stereocenters. The Morgan fingerprint density at radius 1 is 1.19 bits per heavy atom. The highest BCUT2D eigenvalue weighted by atomic mass is 127. The summed E-state index contributed by atoms with van der Waals surface area (Å²) in [6, 6.07) is 1.11. The number of imide groups is 2. The number of nitrogens with zero attached hydrogens (tertiary/aromatic N) is 1. The third-order valence-electron chi connectivity index (χ3n) is 3.46. The Morgan fingerprint density at radius 3 is 2.57 bits per heavy atom. The molecule has 1 aromatic carbocycles. The van der Waals surface area contributed by atoms with Gasteiger partial charge in [-0.2, -0.15) is 0 Å². The van der Waals surface area contributed by atoms with Crippen LogP contribution >= 0.6 is 22.6 Å². The van der Waals surface area contributed by atoms with Crippen molar-refractivity contribution in [3.63, 3.8) is 0 Å². The lowest BCUT2D eigenvalue weighted by atomic mass is 10.0. The van der Waals surface area contributed by atoms with Gasteiger partial charge in [0.15, 0.2) is 0 Å². The fourth-order valence-corrected chi connectivity index (χ4v) is 3.33. The molecule has 0 spiro atoms. The number of carbonyl (C=O) groups is 4. The van der Waals surface area contributed by atoms with Gasteiger partial charge in [-0.1, -0.05) is 0 Å². The summed E-state index contributed by atoms with van der Waals surface area (Å²) in [6.45, 7) is 0. The van der Waals surface area contributed by atoms with E-state index in [1.165, 1.54) is 0 Å². The number of rotatable bonds is 1. The first kappa shape index (κ1) is 14.1. The number of hydrogen-bond donors (Lipinski definition) is 1. The fraction of sp³-hybridized carbons (Fsp3) is 0.231. The Kier molecular flexibility index (Phi) is 3.27. The van der Waals surface area contributed by atoms with Crippen molar-refractivity contribution in [2.45, 2.75) is 18.9 Å². The zero-order valence-corrected chi connectivity index (χ0v) is 12.6. The van der Waals surface area contributed by atoms with E-state index in [-0.39, 0.29) is 24.0 Å². The van der Waals surface area contributed by atoms with Crippen LogP contribution in [-0.4, -0.2) is 34.6 Å². The first-order valence-corrected chi connectivity index (χ1v) is 7.18. The quantitative estimate of drug-likeness (QED) is 0.558. The summed E-state index contributed by atoms with van der Waals surface area (Å²) in [5, 5.41) is 2.10. The third-order valence-corrected chi connectivity index (χ3v) is 4.31. The second kappa shape index (κ2) is 4.86. The van der Waals surface area contributed by atoms with Gasteiger partial charge in [-0.15, -0.1) is 0 Å². The maximum Gasteiger partial charge on any atom is 0.263 e. The molecule has 0 radical (unpaired) electrons. The van der Waals surface area contributed by atoms with Crippen LogP contribution in [0, 0.1) is 9.39 Å². The molecule has 3 rings (SSSR count). The van der Waals surface area contributed by atoms with Gasteiger partial charge in [0.25, 0.3) is 11.8 Å². The van der Waals surface area contributed by atoms with Gasteiger partial charge in [0.2, 0.25) is 11.8 Å². The highest BCUT2D eigenvalue weighted by Gasteiger charge is 2.45. The molecule has 1 fully saturated rings. The molecule has 2 aliphatic heterocycles. The maximum atomic E-state index is 13.4. The van der Waals surface area contributed by atoms with Crippen molar-refractivity contribution in [2.75, 3.05) is 0 Å². The van der Waals surface area contributed by atoms with Crippen molar-refractivity contribution in [1.29, 1.82) is 0 Å². The van der Waals surface area contributed by atoms with Crippen LogP contribution in [0.5, 0.6) is 0 Å². The van der Waals surface area contributed by atoms with Crippen molar-refractivity contribution in [3.05, 3.63) is 32.6 Å². The molecule has 2 aliphatic rings. The molecule has 4 amide bonds. The summed E-state index contributed by atoms with van der Waals surface area (Å²) < 4.78 is 13.7. The molecular formula is C13H8FIN2O4. The first-order chi connectivity index (χ1) is 9.90. The van der Waals surface area contributed by atoms with Gasteiger partial charge in [0, 0.05) is 9.99 Å². The van der Waals surface area contributed by atoms with Gasteiger partial charge in [-0.3, -0.25) is 29.4 Å². The Labute approximate surface area is 131 Å². The molecule has 1 aromatic rings. The minimum Gasteiger partial charge on any atom is -0.295 e. The average molecular weight is 402 g/mol. The van der Waals surface area contributed by atoms with E-state index in [2.05, 4.69) is 5.32 Å². The Balaban J connectivity index is 2.02. The number of benzene rings is 1. The van der Waals surface area contributed by atoms with Crippen molar-refractivity contribution in [3.8, 4) is 0 Å². The molecular weight excluding hydrogens is 394 g/mol. The van der Waals surface area contributed by atoms with Gasteiger partial charge < -0.3 is 0 Å². The third kappa shape index (κ3) is 2.13. The molecule has 8 heteroatoms. The van der Waals surface area contributed by atoms with Crippen LogP contribution < -0.4 is 5.32 Å². The summed E-state index contributed by atoms with van der Waals surface area (Å²) in [6.07, 6.45) is 0.129. The zero-order valence-electron chi connectivity index (χ0n) is 10.5. The topological polar surface area (TPSA) is 83.6 Å². The van der Waals surface area contributed by atoms with Gasteiger partial charge in [-0.25, -0.2) is 4.39 Å². The number of halogens is 2. The number of hydrogen-bond acceptors (Lipinski definition) is 4. The number of amides is 4. The number of nitrogens with one attached hydrogen (secondary N) is 1. The molecule has 108 valence electrons. The minimum atomic E-state index is -1.03. The molecule has 1 saturated heterocycles. The van der Waals surface area contributed by atoms with Crippen LogP contribution in [0.4, 0.5) is 4.39 Å². The molecule has 0 saturated carbocycles. The molecule has 0 aromatic heterocycles. The average Bonchev–Trinajstić information content (AvgIpc) is 2.63. The minimum absolute atomic E-state index is 0.0471. The van der Waals surface area contributed by atoms with Crippen LogP contribution in [0.1, 0.15) is 33.6 Å². The van der Waals surface area contributed by atoms with Crippen molar-refractivity contribution in [1.82, 2.24) is 10.2 Å². The monoisotopic (exact) mass is 402 g/mol. The number of piperidine rings is 1. The maximum absolute atomic E-state index is 13.4. The smallest absolute Gasteiger partial charge is 0.263 e. The highest BCUT2D eigenvalue weighted by molar-refractivity contribution is 14.1. The molecule has 1 N–H and O–H groups in total. The van der Waals surface area contributed by atoms with E-state index in [4.69, 9.17) is 0 Å². The van der Waals surface area contributed by atoms with E-state index < -0.39 is 35.5 Å². The van der Waals surface area contributed by atoms with Crippen LogP contribution in [0.25, 0.3) is 0 Å². The van der Waals surface area contributed by atoms with Crippen molar-refractivity contribution >= 4 is 46.2 Å². The predicted octanol–water partition coefficient (Wildman–Crippen LogP) is 0.832. The van der Waals surface area contributed by atoms with Crippen molar-refractivity contribution < 1.29 is 23.6 Å². The summed E-state index contributed by atoms with van der Waals surface area (Å²) >= 11 is 1.77. The fourth-order valence-electron chi connectivity index (χ4n) is 2.51. The predicted molar refractivity (Wildman–Crippen MR) is 75.8 cm³/mol. The normalized spacial score (nSPS) is 21.6. The SMILES string of the molecule is O=C1CC[C@H](N2C(=O)c3cc(F)cc(I)c3C2=O)C(=O)N1. The zero-order chi connectivity index (χ0) is 15.3. The lowest BCUT2D eigenvalue weighted by molar-refractivity contribution is -0.136. The Morgan fingerprint density at radius 2 is 1.90 bits per heavy atom. The van der Waals surface area contributed by atoms with Crippen LogP contribution in [-0.2, 0) is 9.59 Å². The Hall–Kier alpha value is -1.84. The van der Waals surface area contributed by atoms with E-state index in [1.54, 1.807) is 22.6 Å². The molecule has 21 heavy (non-hydrogen) atoms. The van der Waals surface area contributed by atoms with E-state index in [1.807, 2.05) is 0 Å². The highest BCUT2D eigenvalue weighted by Crippen LogP contribution is 2.31. The molecule has 0 unspecified atom stereocenters. The lowest BCUT2D eigenvalue weighted by Crippen LogP contribution is -2.54. The van der Waals surface area contributed by atoms with Gasteiger partial charge >= 0.3 is 0 Å². The van der Waals surface area contributed by atoms with E-state index in [9.17, 15) is 23.6 Å². The van der Waals surface area contributed by atoms with Crippen LogP contribution in [0.2, 0.25) is 0 Å². The van der Waals surface area contributed by atoms with Gasteiger partial charge in [0.1, 0.15) is 11.9 Å². The molecule has 0 bridgehead atoms. The second-order valence-electron chi connectivity index (χ2n) is 4.76. The summed E-state index contributed by atoms with van der Waals surface area (Å²) in [5.74, 6) is -3.08. The van der Waals surface area contributed by atoms with Gasteiger partial charge in [-0.05, 0) is 41.1 Å². The molecule has 0 aliphatic carbocycles. The van der Waals surface area contributed by atoms with E-state index >= 15 is 0 Å². The standard InChI is InChI=1S/C13H8FIN2O4/c14-5-3-6-10(7(15)4-5)13(21)17(12(6)20)8-1-2-9(18)16-11(8)19/h3-4,8H,1-2H2,(H,16,18,19)/t8-/m0/s1.